The Balaban J connectivity index is 2.16. The SMILES string of the molecule is COCC(O)Cc1nc(-c2ccc(Br)cc2C)no1. The van der Waals surface area contributed by atoms with E-state index in [1.54, 1.807) is 0 Å². The Morgan fingerprint density at radius 3 is 2.95 bits per heavy atom. The van der Waals surface area contributed by atoms with Crippen molar-refractivity contribution < 1.29 is 14.4 Å². The molecule has 0 radical (unpaired) electrons. The minimum Gasteiger partial charge on any atom is -0.390 e. The monoisotopic (exact) mass is 326 g/mol. The highest BCUT2D eigenvalue weighted by Gasteiger charge is 2.14. The van der Waals surface area contributed by atoms with Crippen LogP contribution in [-0.2, 0) is 11.2 Å². The van der Waals surface area contributed by atoms with Crippen LogP contribution in [0.3, 0.4) is 0 Å². The lowest BCUT2D eigenvalue weighted by atomic mass is 10.1. The van der Waals surface area contributed by atoms with E-state index in [0.717, 1.165) is 15.6 Å². The number of rotatable bonds is 5. The van der Waals surface area contributed by atoms with Crippen molar-refractivity contribution in [2.45, 2.75) is 19.4 Å². The molecule has 0 saturated carbocycles. The molecule has 1 heterocycles. The molecule has 1 aromatic heterocycles. The van der Waals surface area contributed by atoms with Gasteiger partial charge in [-0.3, -0.25) is 0 Å². The zero-order chi connectivity index (χ0) is 13.8. The maximum Gasteiger partial charge on any atom is 0.229 e. The molecule has 2 rings (SSSR count). The van der Waals surface area contributed by atoms with Gasteiger partial charge in [-0.2, -0.15) is 4.98 Å². The standard InChI is InChI=1S/C13H15BrN2O3/c1-8-5-9(14)3-4-11(8)13-15-12(19-16-13)6-10(17)7-18-2/h3-5,10,17H,6-7H2,1-2H3. The minimum absolute atomic E-state index is 0.245. The molecule has 0 aliphatic rings. The first-order chi connectivity index (χ1) is 9.10. The lowest BCUT2D eigenvalue weighted by Crippen LogP contribution is -2.17. The van der Waals surface area contributed by atoms with Gasteiger partial charge in [-0.05, 0) is 30.7 Å². The van der Waals surface area contributed by atoms with Crippen LogP contribution in [0, 0.1) is 6.92 Å². The van der Waals surface area contributed by atoms with Gasteiger partial charge in [0.2, 0.25) is 11.7 Å². The number of aryl methyl sites for hydroxylation is 1. The van der Waals surface area contributed by atoms with E-state index in [1.165, 1.54) is 7.11 Å². The number of methoxy groups -OCH3 is 1. The number of hydrogen-bond acceptors (Lipinski definition) is 5. The molecule has 1 atom stereocenters. The third-order valence-electron chi connectivity index (χ3n) is 2.67. The van der Waals surface area contributed by atoms with Crippen molar-refractivity contribution in [2.24, 2.45) is 0 Å². The fourth-order valence-electron chi connectivity index (χ4n) is 1.78. The molecule has 6 heteroatoms. The number of hydrogen-bond donors (Lipinski definition) is 1. The lowest BCUT2D eigenvalue weighted by Gasteiger charge is -2.04. The predicted molar refractivity (Wildman–Crippen MR) is 73.8 cm³/mol. The second kappa shape index (κ2) is 6.27. The lowest BCUT2D eigenvalue weighted by molar-refractivity contribution is 0.0599. The summed E-state index contributed by atoms with van der Waals surface area (Å²) in [5, 5.41) is 13.6. The summed E-state index contributed by atoms with van der Waals surface area (Å²) in [7, 11) is 1.54. The number of aliphatic hydroxyl groups is 1. The van der Waals surface area contributed by atoms with Crippen LogP contribution in [0.4, 0.5) is 0 Å². The van der Waals surface area contributed by atoms with Gasteiger partial charge in [0.1, 0.15) is 0 Å². The van der Waals surface area contributed by atoms with Crippen molar-refractivity contribution in [1.82, 2.24) is 10.1 Å². The van der Waals surface area contributed by atoms with Gasteiger partial charge in [0.25, 0.3) is 0 Å². The Kier molecular flexibility index (Phi) is 4.68. The molecule has 102 valence electrons. The highest BCUT2D eigenvalue weighted by atomic mass is 79.9. The summed E-state index contributed by atoms with van der Waals surface area (Å²) in [5.74, 6) is 0.937. The second-order valence-electron chi connectivity index (χ2n) is 4.28. The Morgan fingerprint density at radius 1 is 1.47 bits per heavy atom. The quantitative estimate of drug-likeness (QED) is 0.913. The predicted octanol–water partition coefficient (Wildman–Crippen LogP) is 2.36. The number of nitrogens with zero attached hydrogens (tertiary/aromatic N) is 2. The van der Waals surface area contributed by atoms with E-state index in [4.69, 9.17) is 9.26 Å². The van der Waals surface area contributed by atoms with E-state index in [2.05, 4.69) is 26.1 Å². The third kappa shape index (κ3) is 3.62. The molecule has 0 bridgehead atoms. The van der Waals surface area contributed by atoms with E-state index >= 15 is 0 Å². The number of ether oxygens (including phenoxy) is 1. The van der Waals surface area contributed by atoms with E-state index < -0.39 is 6.10 Å². The van der Waals surface area contributed by atoms with Crippen LogP contribution in [0.5, 0.6) is 0 Å². The zero-order valence-corrected chi connectivity index (χ0v) is 12.3. The average molecular weight is 327 g/mol. The zero-order valence-electron chi connectivity index (χ0n) is 10.8. The molecule has 19 heavy (non-hydrogen) atoms. The first-order valence-corrected chi connectivity index (χ1v) is 6.65. The fourth-order valence-corrected chi connectivity index (χ4v) is 2.25. The van der Waals surface area contributed by atoms with Crippen molar-refractivity contribution in [2.75, 3.05) is 13.7 Å². The Hall–Kier alpha value is -1.24. The molecule has 1 N–H and O–H groups in total. The van der Waals surface area contributed by atoms with E-state index in [0.29, 0.717) is 11.7 Å². The molecule has 0 spiro atoms. The first kappa shape index (κ1) is 14.2. The highest BCUT2D eigenvalue weighted by Crippen LogP contribution is 2.24. The van der Waals surface area contributed by atoms with Gasteiger partial charge in [0, 0.05) is 17.1 Å². The third-order valence-corrected chi connectivity index (χ3v) is 3.16. The maximum absolute atomic E-state index is 9.61. The Morgan fingerprint density at radius 2 is 2.26 bits per heavy atom. The van der Waals surface area contributed by atoms with Crippen molar-refractivity contribution in [3.63, 3.8) is 0 Å². The van der Waals surface area contributed by atoms with Gasteiger partial charge in [0.05, 0.1) is 19.1 Å². The largest absolute Gasteiger partial charge is 0.390 e. The van der Waals surface area contributed by atoms with Crippen molar-refractivity contribution in [3.05, 3.63) is 34.1 Å². The minimum atomic E-state index is -0.635. The van der Waals surface area contributed by atoms with Gasteiger partial charge < -0.3 is 14.4 Å². The summed E-state index contributed by atoms with van der Waals surface area (Å²) in [6, 6.07) is 5.85. The molecule has 0 saturated heterocycles. The maximum atomic E-state index is 9.61. The topological polar surface area (TPSA) is 68.4 Å². The van der Waals surface area contributed by atoms with Crippen molar-refractivity contribution in [1.29, 1.82) is 0 Å². The summed E-state index contributed by atoms with van der Waals surface area (Å²) >= 11 is 3.41. The number of aromatic nitrogens is 2. The van der Waals surface area contributed by atoms with Crippen molar-refractivity contribution >= 4 is 15.9 Å². The normalized spacial score (nSPS) is 12.6. The van der Waals surface area contributed by atoms with Crippen LogP contribution in [0.15, 0.2) is 27.2 Å². The molecule has 1 aromatic carbocycles. The summed E-state index contributed by atoms with van der Waals surface area (Å²) in [6.07, 6.45) is -0.347. The molecule has 0 amide bonds. The molecule has 2 aromatic rings. The van der Waals surface area contributed by atoms with Gasteiger partial charge in [0.15, 0.2) is 0 Å². The number of halogens is 1. The van der Waals surface area contributed by atoms with Gasteiger partial charge >= 0.3 is 0 Å². The Bertz CT molecular complexity index is 557. The van der Waals surface area contributed by atoms with E-state index in [-0.39, 0.29) is 13.0 Å². The number of aliphatic hydroxyl groups excluding tert-OH is 1. The van der Waals surface area contributed by atoms with E-state index in [9.17, 15) is 5.11 Å². The van der Waals surface area contributed by atoms with Crippen LogP contribution >= 0.6 is 15.9 Å². The van der Waals surface area contributed by atoms with Crippen LogP contribution in [0.2, 0.25) is 0 Å². The molecule has 5 nitrogen and oxygen atoms in total. The smallest absolute Gasteiger partial charge is 0.229 e. The van der Waals surface area contributed by atoms with Crippen molar-refractivity contribution in [3.8, 4) is 11.4 Å². The highest BCUT2D eigenvalue weighted by molar-refractivity contribution is 9.10. The Labute approximate surface area is 119 Å². The van der Waals surface area contributed by atoms with E-state index in [1.807, 2.05) is 25.1 Å². The fraction of sp³-hybridized carbons (Fsp3) is 0.385. The average Bonchev–Trinajstić information content (AvgIpc) is 2.77. The van der Waals surface area contributed by atoms with Gasteiger partial charge in [-0.1, -0.05) is 21.1 Å². The van der Waals surface area contributed by atoms with Gasteiger partial charge in [-0.25, -0.2) is 0 Å². The molecular weight excluding hydrogens is 312 g/mol. The van der Waals surface area contributed by atoms with Crippen LogP contribution in [0.1, 0.15) is 11.5 Å². The van der Waals surface area contributed by atoms with Crippen LogP contribution in [-0.4, -0.2) is 35.1 Å². The molecule has 0 aliphatic heterocycles. The van der Waals surface area contributed by atoms with Gasteiger partial charge in [-0.15, -0.1) is 0 Å². The molecule has 0 fully saturated rings. The molecular formula is C13H15BrN2O3. The van der Waals surface area contributed by atoms with Crippen LogP contribution < -0.4 is 0 Å². The second-order valence-corrected chi connectivity index (χ2v) is 5.20. The summed E-state index contributed by atoms with van der Waals surface area (Å²) in [4.78, 5) is 4.28. The summed E-state index contributed by atoms with van der Waals surface area (Å²) in [6.45, 7) is 2.23. The summed E-state index contributed by atoms with van der Waals surface area (Å²) in [5.41, 5.74) is 1.97. The molecule has 0 aliphatic carbocycles. The number of benzene rings is 1. The summed E-state index contributed by atoms with van der Waals surface area (Å²) < 4.78 is 11.0. The molecule has 1 unspecified atom stereocenters. The van der Waals surface area contributed by atoms with Crippen LogP contribution in [0.25, 0.3) is 11.4 Å². The first-order valence-electron chi connectivity index (χ1n) is 5.86.